The molecule has 5 nitrogen and oxygen atoms in total. The predicted octanol–water partition coefficient (Wildman–Crippen LogP) is 2.16. The lowest BCUT2D eigenvalue weighted by molar-refractivity contribution is -0.0857. The van der Waals surface area contributed by atoms with Crippen molar-refractivity contribution in [1.82, 2.24) is 4.98 Å². The Balaban J connectivity index is 1.82. The van der Waals surface area contributed by atoms with Crippen molar-refractivity contribution in [2.24, 2.45) is 0 Å². The molecule has 2 aromatic rings. The van der Waals surface area contributed by atoms with Crippen LogP contribution in [0.4, 0.5) is 0 Å². The number of aromatic nitrogens is 1. The van der Waals surface area contributed by atoms with Gasteiger partial charge in [0.2, 0.25) is 0 Å². The fourth-order valence-corrected chi connectivity index (χ4v) is 2.47. The zero-order valence-corrected chi connectivity index (χ0v) is 12.0. The first-order valence-electron chi connectivity index (χ1n) is 7.05. The van der Waals surface area contributed by atoms with E-state index in [1.165, 1.54) is 0 Å². The highest BCUT2D eigenvalue weighted by Crippen LogP contribution is 2.33. The van der Waals surface area contributed by atoms with Gasteiger partial charge in [-0.2, -0.15) is 0 Å². The van der Waals surface area contributed by atoms with Crippen molar-refractivity contribution in [2.45, 2.75) is 18.4 Å². The van der Waals surface area contributed by atoms with Crippen molar-refractivity contribution in [2.75, 3.05) is 26.9 Å². The fraction of sp³-hybridized carbons (Fsp3) is 0.438. The lowest BCUT2D eigenvalue weighted by Crippen LogP contribution is -2.41. The van der Waals surface area contributed by atoms with E-state index in [0.717, 1.165) is 10.8 Å². The topological polar surface area (TPSA) is 60.8 Å². The first kappa shape index (κ1) is 14.1. The van der Waals surface area contributed by atoms with Crippen LogP contribution in [0.2, 0.25) is 0 Å². The number of fused-ring (bicyclic) bond motifs is 1. The maximum atomic E-state index is 10.5. The summed E-state index contributed by atoms with van der Waals surface area (Å²) in [6.45, 7) is 1.37. The molecule has 1 aliphatic rings. The van der Waals surface area contributed by atoms with Gasteiger partial charge in [0.1, 0.15) is 12.2 Å². The van der Waals surface area contributed by atoms with Crippen LogP contribution in [0.1, 0.15) is 12.8 Å². The van der Waals surface area contributed by atoms with Crippen LogP contribution in [0.25, 0.3) is 10.8 Å². The van der Waals surface area contributed by atoms with Crippen LogP contribution in [0.5, 0.6) is 11.5 Å². The molecule has 0 unspecified atom stereocenters. The second-order valence-corrected chi connectivity index (χ2v) is 5.35. The highest BCUT2D eigenvalue weighted by atomic mass is 16.5. The molecular formula is C16H19NO4. The van der Waals surface area contributed by atoms with Gasteiger partial charge >= 0.3 is 0 Å². The molecule has 1 aliphatic heterocycles. The van der Waals surface area contributed by atoms with E-state index in [2.05, 4.69) is 4.98 Å². The van der Waals surface area contributed by atoms with E-state index >= 15 is 0 Å². The number of rotatable bonds is 4. The van der Waals surface area contributed by atoms with Gasteiger partial charge in [-0.3, -0.25) is 4.98 Å². The van der Waals surface area contributed by atoms with Gasteiger partial charge in [0, 0.05) is 43.8 Å². The molecule has 0 aliphatic carbocycles. The Labute approximate surface area is 123 Å². The van der Waals surface area contributed by atoms with E-state index in [1.54, 1.807) is 19.5 Å². The summed E-state index contributed by atoms with van der Waals surface area (Å²) in [6, 6.07) is 5.73. The van der Waals surface area contributed by atoms with Crippen molar-refractivity contribution in [1.29, 1.82) is 0 Å². The number of pyridine rings is 1. The van der Waals surface area contributed by atoms with Gasteiger partial charge in [0.25, 0.3) is 0 Å². The molecule has 1 aromatic carbocycles. The van der Waals surface area contributed by atoms with Crippen molar-refractivity contribution in [3.05, 3.63) is 30.6 Å². The minimum Gasteiger partial charge on any atom is -0.493 e. The average molecular weight is 289 g/mol. The highest BCUT2D eigenvalue weighted by Gasteiger charge is 2.31. The minimum absolute atomic E-state index is 0.235. The summed E-state index contributed by atoms with van der Waals surface area (Å²) in [5.74, 6) is 1.28. The Morgan fingerprint density at radius 1 is 1.24 bits per heavy atom. The molecular weight excluding hydrogens is 270 g/mol. The van der Waals surface area contributed by atoms with E-state index < -0.39 is 5.60 Å². The van der Waals surface area contributed by atoms with Gasteiger partial charge in [0.15, 0.2) is 11.5 Å². The zero-order valence-electron chi connectivity index (χ0n) is 12.0. The van der Waals surface area contributed by atoms with Crippen LogP contribution in [0.15, 0.2) is 30.6 Å². The largest absolute Gasteiger partial charge is 0.493 e. The molecule has 1 N–H and O–H groups in total. The molecule has 5 heteroatoms. The Morgan fingerprint density at radius 2 is 2.00 bits per heavy atom. The fourth-order valence-electron chi connectivity index (χ4n) is 2.47. The van der Waals surface area contributed by atoms with Gasteiger partial charge in [-0.1, -0.05) is 0 Å². The minimum atomic E-state index is -0.826. The van der Waals surface area contributed by atoms with Crippen LogP contribution in [0.3, 0.4) is 0 Å². The highest BCUT2D eigenvalue weighted by molar-refractivity contribution is 5.85. The molecule has 1 saturated heterocycles. The summed E-state index contributed by atoms with van der Waals surface area (Å²) >= 11 is 0. The Morgan fingerprint density at radius 3 is 2.76 bits per heavy atom. The SMILES string of the molecule is COc1cc2ccncc2cc1OCC1(O)CCOCC1. The monoisotopic (exact) mass is 289 g/mol. The molecule has 3 rings (SSSR count). The number of hydrogen-bond donors (Lipinski definition) is 1. The second-order valence-electron chi connectivity index (χ2n) is 5.35. The molecule has 0 spiro atoms. The smallest absolute Gasteiger partial charge is 0.162 e. The molecule has 0 amide bonds. The van der Waals surface area contributed by atoms with Crippen molar-refractivity contribution < 1.29 is 19.3 Å². The summed E-state index contributed by atoms with van der Waals surface area (Å²) in [5.41, 5.74) is -0.826. The number of aliphatic hydroxyl groups is 1. The zero-order chi connectivity index (χ0) is 14.7. The molecule has 2 heterocycles. The maximum absolute atomic E-state index is 10.5. The van der Waals surface area contributed by atoms with E-state index in [9.17, 15) is 5.11 Å². The molecule has 0 bridgehead atoms. The van der Waals surface area contributed by atoms with E-state index in [4.69, 9.17) is 14.2 Å². The number of hydrogen-bond acceptors (Lipinski definition) is 5. The number of benzene rings is 1. The van der Waals surface area contributed by atoms with Crippen LogP contribution in [-0.4, -0.2) is 42.6 Å². The van der Waals surface area contributed by atoms with Gasteiger partial charge in [0.05, 0.1) is 7.11 Å². The third kappa shape index (κ3) is 3.09. The lowest BCUT2D eigenvalue weighted by Gasteiger charge is -2.31. The average Bonchev–Trinajstić information content (AvgIpc) is 2.53. The third-order valence-corrected chi connectivity index (χ3v) is 3.84. The van der Waals surface area contributed by atoms with Gasteiger partial charge in [-0.05, 0) is 23.6 Å². The number of ether oxygens (including phenoxy) is 3. The predicted molar refractivity (Wildman–Crippen MR) is 78.8 cm³/mol. The number of nitrogens with zero attached hydrogens (tertiary/aromatic N) is 1. The van der Waals surface area contributed by atoms with E-state index in [0.29, 0.717) is 37.6 Å². The molecule has 112 valence electrons. The first-order valence-corrected chi connectivity index (χ1v) is 7.05. The maximum Gasteiger partial charge on any atom is 0.162 e. The van der Waals surface area contributed by atoms with E-state index in [1.807, 2.05) is 18.2 Å². The summed E-state index contributed by atoms with van der Waals surface area (Å²) in [6.07, 6.45) is 4.70. The van der Waals surface area contributed by atoms with Crippen molar-refractivity contribution >= 4 is 10.8 Å². The van der Waals surface area contributed by atoms with Crippen LogP contribution in [-0.2, 0) is 4.74 Å². The van der Waals surface area contributed by atoms with Crippen LogP contribution >= 0.6 is 0 Å². The molecule has 0 radical (unpaired) electrons. The van der Waals surface area contributed by atoms with Crippen molar-refractivity contribution in [3.8, 4) is 11.5 Å². The van der Waals surface area contributed by atoms with Gasteiger partial charge < -0.3 is 19.3 Å². The standard InChI is InChI=1S/C16H19NO4/c1-19-14-8-12-2-5-17-10-13(12)9-15(14)21-11-16(18)3-6-20-7-4-16/h2,5,8-10,18H,3-4,6-7,11H2,1H3. The van der Waals surface area contributed by atoms with Crippen LogP contribution in [0, 0.1) is 0 Å². The van der Waals surface area contributed by atoms with Crippen LogP contribution < -0.4 is 9.47 Å². The molecule has 21 heavy (non-hydrogen) atoms. The second kappa shape index (κ2) is 5.87. The van der Waals surface area contributed by atoms with E-state index in [-0.39, 0.29) is 6.61 Å². The Bertz CT molecular complexity index is 623. The third-order valence-electron chi connectivity index (χ3n) is 3.84. The molecule has 1 aromatic heterocycles. The quantitative estimate of drug-likeness (QED) is 0.934. The summed E-state index contributed by atoms with van der Waals surface area (Å²) in [4.78, 5) is 4.11. The van der Waals surface area contributed by atoms with Gasteiger partial charge in [-0.25, -0.2) is 0 Å². The molecule has 1 fully saturated rings. The lowest BCUT2D eigenvalue weighted by atomic mass is 9.96. The first-order chi connectivity index (χ1) is 10.2. The normalized spacial score (nSPS) is 17.6. The summed E-state index contributed by atoms with van der Waals surface area (Å²) in [5, 5.41) is 12.5. The Hall–Kier alpha value is -1.85. The van der Waals surface area contributed by atoms with Crippen molar-refractivity contribution in [3.63, 3.8) is 0 Å². The summed E-state index contributed by atoms with van der Waals surface area (Å²) < 4.78 is 16.5. The Kier molecular flexibility index (Phi) is 3.94. The molecule has 0 atom stereocenters. The molecule has 0 saturated carbocycles. The van der Waals surface area contributed by atoms with Gasteiger partial charge in [-0.15, -0.1) is 0 Å². The summed E-state index contributed by atoms with van der Waals surface area (Å²) in [7, 11) is 1.61. The number of methoxy groups -OCH3 is 1.